The van der Waals surface area contributed by atoms with E-state index >= 15 is 0 Å². The molecule has 0 saturated carbocycles. The summed E-state index contributed by atoms with van der Waals surface area (Å²) in [6, 6.07) is 10.7. The summed E-state index contributed by atoms with van der Waals surface area (Å²) < 4.78 is 5.82. The lowest BCUT2D eigenvalue weighted by atomic mass is 9.83. The van der Waals surface area contributed by atoms with Gasteiger partial charge in [0.25, 0.3) is 0 Å². The molecule has 1 rings (SSSR count). The van der Waals surface area contributed by atoms with Crippen molar-refractivity contribution in [2.45, 2.75) is 46.7 Å². The summed E-state index contributed by atoms with van der Waals surface area (Å²) >= 11 is 0. The van der Waals surface area contributed by atoms with E-state index in [1.807, 2.05) is 0 Å². The van der Waals surface area contributed by atoms with Gasteiger partial charge in [0.15, 0.2) is 9.04 Å². The highest BCUT2D eigenvalue weighted by Crippen LogP contribution is 2.28. The average molecular weight is 276 g/mol. The van der Waals surface area contributed by atoms with E-state index in [0.717, 1.165) is 19.4 Å². The van der Waals surface area contributed by atoms with Crippen molar-refractivity contribution in [3.63, 3.8) is 0 Å². The van der Waals surface area contributed by atoms with Crippen molar-refractivity contribution in [3.8, 4) is 0 Å². The van der Waals surface area contributed by atoms with E-state index in [-0.39, 0.29) is 5.41 Å². The lowest BCUT2D eigenvalue weighted by Gasteiger charge is -2.24. The van der Waals surface area contributed by atoms with Crippen molar-refractivity contribution in [2.24, 2.45) is 5.41 Å². The van der Waals surface area contributed by atoms with E-state index < -0.39 is 9.04 Å². The second kappa shape index (κ2) is 7.66. The van der Waals surface area contributed by atoms with Crippen molar-refractivity contribution in [1.82, 2.24) is 0 Å². The Morgan fingerprint density at radius 2 is 1.79 bits per heavy atom. The highest BCUT2D eigenvalue weighted by molar-refractivity contribution is 6.48. The average Bonchev–Trinajstić information content (AvgIpc) is 2.33. The molecule has 1 nitrogen and oxygen atoms in total. The molecule has 0 radical (unpaired) electrons. The topological polar surface area (TPSA) is 9.23 Å². The monoisotopic (exact) mass is 276 g/mol. The van der Waals surface area contributed by atoms with Gasteiger partial charge in [0.05, 0.1) is 0 Å². The van der Waals surface area contributed by atoms with Gasteiger partial charge >= 0.3 is 0 Å². The summed E-state index contributed by atoms with van der Waals surface area (Å²) in [5, 5.41) is 0. The van der Waals surface area contributed by atoms with Crippen LogP contribution in [0.3, 0.4) is 0 Å². The van der Waals surface area contributed by atoms with Gasteiger partial charge in [-0.05, 0) is 36.9 Å². The van der Waals surface area contributed by atoms with Gasteiger partial charge in [0, 0.05) is 6.61 Å². The summed E-state index contributed by atoms with van der Waals surface area (Å²) in [5.41, 5.74) is 3.12. The van der Waals surface area contributed by atoms with Gasteiger partial charge in [-0.15, -0.1) is 0 Å². The van der Waals surface area contributed by atoms with Crippen molar-refractivity contribution < 1.29 is 4.43 Å². The molecule has 0 atom stereocenters. The fourth-order valence-electron chi connectivity index (χ4n) is 2.04. The van der Waals surface area contributed by atoms with Crippen LogP contribution in [0.15, 0.2) is 42.0 Å². The van der Waals surface area contributed by atoms with E-state index in [1.165, 1.54) is 11.1 Å². The minimum atomic E-state index is -0.890. The maximum absolute atomic E-state index is 5.82. The van der Waals surface area contributed by atoms with Crippen LogP contribution in [0.2, 0.25) is 13.1 Å². The third kappa shape index (κ3) is 6.74. The molecule has 0 aliphatic heterocycles. The normalized spacial score (nSPS) is 13.1. The Morgan fingerprint density at radius 1 is 1.16 bits per heavy atom. The summed E-state index contributed by atoms with van der Waals surface area (Å²) in [4.78, 5) is 0. The Hall–Kier alpha value is -0.863. The van der Waals surface area contributed by atoms with Crippen LogP contribution >= 0.6 is 0 Å². The van der Waals surface area contributed by atoms with E-state index in [9.17, 15) is 0 Å². The first kappa shape index (κ1) is 16.2. The third-order valence-corrected chi connectivity index (χ3v) is 4.12. The molecule has 19 heavy (non-hydrogen) atoms. The molecule has 0 fully saturated rings. The van der Waals surface area contributed by atoms with Crippen LogP contribution in [0, 0.1) is 5.41 Å². The molecule has 0 spiro atoms. The zero-order chi connectivity index (χ0) is 14.3. The highest BCUT2D eigenvalue weighted by Gasteiger charge is 2.16. The number of allylic oxidation sites excluding steroid dienone is 1. The number of hydrogen-bond acceptors (Lipinski definition) is 1. The van der Waals surface area contributed by atoms with Gasteiger partial charge in [-0.25, -0.2) is 0 Å². The molecule has 0 saturated heterocycles. The Bertz CT molecular complexity index is 387. The largest absolute Gasteiger partial charge is 0.420 e. The van der Waals surface area contributed by atoms with E-state index in [2.05, 4.69) is 70.3 Å². The van der Waals surface area contributed by atoms with Crippen molar-refractivity contribution in [1.29, 1.82) is 0 Å². The van der Waals surface area contributed by atoms with Crippen LogP contribution in [-0.2, 0) is 10.8 Å². The number of hydrogen-bond donors (Lipinski definition) is 0. The minimum absolute atomic E-state index is 0.233. The molecule has 106 valence electrons. The first-order chi connectivity index (χ1) is 8.89. The Labute approximate surface area is 120 Å². The van der Waals surface area contributed by atoms with Crippen LogP contribution in [0.1, 0.15) is 32.8 Å². The zero-order valence-corrected chi connectivity index (χ0v) is 14.2. The van der Waals surface area contributed by atoms with Gasteiger partial charge in [-0.1, -0.05) is 62.8 Å². The van der Waals surface area contributed by atoms with Crippen molar-refractivity contribution in [3.05, 3.63) is 47.5 Å². The zero-order valence-electron chi connectivity index (χ0n) is 13.1. The summed E-state index contributed by atoms with van der Waals surface area (Å²) in [5.74, 6) is 0. The smallest absolute Gasteiger partial charge is 0.170 e. The number of rotatable bonds is 6. The van der Waals surface area contributed by atoms with Crippen LogP contribution in [0.4, 0.5) is 0 Å². The molecule has 0 bridgehead atoms. The summed E-state index contributed by atoms with van der Waals surface area (Å²) in [6.45, 7) is 12.2. The Balaban J connectivity index is 2.63. The molecule has 0 unspecified atom stereocenters. The first-order valence-electron chi connectivity index (χ1n) is 7.24. The standard InChI is InChI=1S/C17H28OSi/c1-17(2,3)16(13-14-18-19(4)5)12-11-15-9-7-6-8-10-15/h6-10,12,19H,11,13-14H2,1-5H3/b16-12+. The molecule has 0 aliphatic carbocycles. The first-order valence-corrected chi connectivity index (χ1v) is 10.0. The van der Waals surface area contributed by atoms with E-state index in [0.29, 0.717) is 0 Å². The fourth-order valence-corrected chi connectivity index (χ4v) is 2.63. The SMILES string of the molecule is C[SiH](C)OCC/C(=C\Cc1ccccc1)C(C)(C)C. The minimum Gasteiger partial charge on any atom is -0.420 e. The molecular formula is C17H28OSi. The van der Waals surface area contributed by atoms with E-state index in [1.54, 1.807) is 0 Å². The molecule has 0 aliphatic rings. The predicted molar refractivity (Wildman–Crippen MR) is 87.1 cm³/mol. The van der Waals surface area contributed by atoms with Gasteiger partial charge in [0.1, 0.15) is 0 Å². The van der Waals surface area contributed by atoms with E-state index in [4.69, 9.17) is 4.43 Å². The van der Waals surface area contributed by atoms with Crippen LogP contribution in [-0.4, -0.2) is 15.6 Å². The van der Waals surface area contributed by atoms with Gasteiger partial charge < -0.3 is 4.43 Å². The Kier molecular flexibility index (Phi) is 6.53. The quantitative estimate of drug-likeness (QED) is 0.545. The van der Waals surface area contributed by atoms with Crippen molar-refractivity contribution >= 4 is 9.04 Å². The molecule has 0 N–H and O–H groups in total. The lowest BCUT2D eigenvalue weighted by molar-refractivity contribution is 0.315. The van der Waals surface area contributed by atoms with Crippen molar-refractivity contribution in [2.75, 3.05) is 6.61 Å². The molecule has 0 heterocycles. The maximum atomic E-state index is 5.82. The number of benzene rings is 1. The van der Waals surface area contributed by atoms with Crippen LogP contribution < -0.4 is 0 Å². The molecule has 0 aromatic heterocycles. The second-order valence-corrected chi connectivity index (χ2v) is 8.77. The molecule has 0 amide bonds. The van der Waals surface area contributed by atoms with Gasteiger partial charge in [0.2, 0.25) is 0 Å². The predicted octanol–water partition coefficient (Wildman–Crippen LogP) is 4.59. The molecule has 1 aromatic rings. The molecular weight excluding hydrogens is 248 g/mol. The molecule has 2 heteroatoms. The van der Waals surface area contributed by atoms with Crippen LogP contribution in [0.5, 0.6) is 0 Å². The Morgan fingerprint density at radius 3 is 2.32 bits per heavy atom. The highest BCUT2D eigenvalue weighted by atomic mass is 28.3. The summed E-state index contributed by atoms with van der Waals surface area (Å²) in [6.07, 6.45) is 4.47. The second-order valence-electron chi connectivity index (χ2n) is 6.34. The summed E-state index contributed by atoms with van der Waals surface area (Å²) in [7, 11) is -0.890. The van der Waals surface area contributed by atoms with Gasteiger partial charge in [-0.2, -0.15) is 0 Å². The third-order valence-electron chi connectivity index (χ3n) is 3.21. The molecule has 1 aromatic carbocycles. The maximum Gasteiger partial charge on any atom is 0.170 e. The lowest BCUT2D eigenvalue weighted by Crippen LogP contribution is -2.15. The van der Waals surface area contributed by atoms with Gasteiger partial charge in [-0.3, -0.25) is 0 Å². The van der Waals surface area contributed by atoms with Crippen LogP contribution in [0.25, 0.3) is 0 Å². The fraction of sp³-hybridized carbons (Fsp3) is 0.529.